The normalized spacial score (nSPS) is 14.6. The summed E-state index contributed by atoms with van der Waals surface area (Å²) in [6, 6.07) is 25.8. The molecule has 47 heavy (non-hydrogen) atoms. The number of carbonyl (C=O) groups excluding carboxylic acids is 3. The Morgan fingerprint density at radius 1 is 0.915 bits per heavy atom. The molecule has 1 saturated carbocycles. The average Bonchev–Trinajstić information content (AvgIpc) is 3.67. The molecule has 8 heteroatoms. The van der Waals surface area contributed by atoms with Gasteiger partial charge in [-0.3, -0.25) is 14.4 Å². The van der Waals surface area contributed by atoms with Crippen LogP contribution in [0.15, 0.2) is 78.9 Å². The number of nitrogens with one attached hydrogen (secondary N) is 2. The van der Waals surface area contributed by atoms with E-state index in [1.807, 2.05) is 19.1 Å². The number of para-hydroxylation sites is 1. The van der Waals surface area contributed by atoms with Crippen LogP contribution in [0, 0.1) is 19.8 Å². The van der Waals surface area contributed by atoms with Crippen molar-refractivity contribution in [2.75, 3.05) is 11.9 Å². The Morgan fingerprint density at radius 2 is 1.60 bits per heavy atom. The molecule has 5 aromatic rings. The van der Waals surface area contributed by atoms with Gasteiger partial charge in [0.2, 0.25) is 11.8 Å². The summed E-state index contributed by atoms with van der Waals surface area (Å²) in [6.07, 6.45) is 4.19. The standard InChI is InChI=1S/C39H42N4O4/c1-24-21-25(2)40-38-36(24)33-11-7-8-12-35(33)43(38)22-28-13-15-31(16-14-28)37(30-9-5-6-10-30)39(46)42-34(23-47-27(4)45)29-17-19-32(20-18-29)41-26(3)44/h7-8,11-21,30,34,37H,5-6,9-10,22-23H2,1-4H3,(H,41,44)(H,42,46). The number of anilines is 1. The number of benzene rings is 3. The number of fused-ring (bicyclic) bond motifs is 3. The maximum Gasteiger partial charge on any atom is 0.302 e. The van der Waals surface area contributed by atoms with Crippen molar-refractivity contribution in [3.8, 4) is 0 Å². The second-order valence-corrected chi connectivity index (χ2v) is 12.8. The van der Waals surface area contributed by atoms with Crippen molar-refractivity contribution in [1.82, 2.24) is 14.9 Å². The van der Waals surface area contributed by atoms with Gasteiger partial charge < -0.3 is 19.9 Å². The van der Waals surface area contributed by atoms with E-state index in [1.165, 1.54) is 30.2 Å². The van der Waals surface area contributed by atoms with E-state index in [1.54, 1.807) is 12.1 Å². The number of aryl methyl sites for hydroxylation is 2. The van der Waals surface area contributed by atoms with Crippen molar-refractivity contribution in [3.63, 3.8) is 0 Å². The van der Waals surface area contributed by atoms with Crippen LogP contribution in [0.4, 0.5) is 5.69 Å². The van der Waals surface area contributed by atoms with Gasteiger partial charge in [0, 0.05) is 42.5 Å². The second kappa shape index (κ2) is 13.8. The lowest BCUT2D eigenvalue weighted by Crippen LogP contribution is -2.37. The fourth-order valence-corrected chi connectivity index (χ4v) is 7.17. The van der Waals surface area contributed by atoms with Crippen molar-refractivity contribution in [2.45, 2.75) is 71.9 Å². The summed E-state index contributed by atoms with van der Waals surface area (Å²) in [5.41, 5.74) is 7.92. The SMILES string of the molecule is CC(=O)Nc1ccc(C(COC(C)=O)NC(=O)C(c2ccc(Cn3c4ccccc4c4c(C)cc(C)nc43)cc2)C2CCCC2)cc1. The lowest BCUT2D eigenvalue weighted by molar-refractivity contribution is -0.142. The van der Waals surface area contributed by atoms with Gasteiger partial charge in [0.1, 0.15) is 12.3 Å². The van der Waals surface area contributed by atoms with Crippen molar-refractivity contribution in [3.05, 3.63) is 107 Å². The number of esters is 1. The Labute approximate surface area is 275 Å². The van der Waals surface area contributed by atoms with Crippen LogP contribution in [0.25, 0.3) is 21.9 Å². The first-order valence-electron chi connectivity index (χ1n) is 16.4. The van der Waals surface area contributed by atoms with Crippen LogP contribution >= 0.6 is 0 Å². The number of hydrogen-bond acceptors (Lipinski definition) is 5. The fourth-order valence-electron chi connectivity index (χ4n) is 7.17. The predicted octanol–water partition coefficient (Wildman–Crippen LogP) is 7.51. The minimum atomic E-state index is -0.532. The number of nitrogens with zero attached hydrogens (tertiary/aromatic N) is 2. The number of hydrogen-bond donors (Lipinski definition) is 2. The van der Waals surface area contributed by atoms with Crippen LogP contribution in [0.2, 0.25) is 0 Å². The van der Waals surface area contributed by atoms with Gasteiger partial charge in [-0.15, -0.1) is 0 Å². The van der Waals surface area contributed by atoms with E-state index in [0.29, 0.717) is 12.2 Å². The first kappa shape index (κ1) is 32.0. The second-order valence-electron chi connectivity index (χ2n) is 12.8. The first-order valence-corrected chi connectivity index (χ1v) is 16.4. The zero-order chi connectivity index (χ0) is 33.1. The molecule has 0 aliphatic heterocycles. The predicted molar refractivity (Wildman–Crippen MR) is 185 cm³/mol. The maximum absolute atomic E-state index is 14.1. The summed E-state index contributed by atoms with van der Waals surface area (Å²) in [6.45, 7) is 7.68. The van der Waals surface area contributed by atoms with Gasteiger partial charge in [-0.25, -0.2) is 4.98 Å². The number of amides is 2. The Morgan fingerprint density at radius 3 is 2.28 bits per heavy atom. The van der Waals surface area contributed by atoms with Crippen molar-refractivity contribution >= 4 is 45.4 Å². The van der Waals surface area contributed by atoms with E-state index in [9.17, 15) is 14.4 Å². The Balaban J connectivity index is 1.27. The minimum Gasteiger partial charge on any atom is -0.463 e. The molecule has 0 bridgehead atoms. The molecule has 2 atom stereocenters. The van der Waals surface area contributed by atoms with Crippen molar-refractivity contribution < 1.29 is 19.1 Å². The highest BCUT2D eigenvalue weighted by molar-refractivity contribution is 6.08. The van der Waals surface area contributed by atoms with E-state index in [4.69, 9.17) is 9.72 Å². The van der Waals surface area contributed by atoms with E-state index >= 15 is 0 Å². The maximum atomic E-state index is 14.1. The highest BCUT2D eigenvalue weighted by Crippen LogP contribution is 2.38. The van der Waals surface area contributed by atoms with Gasteiger partial charge in [0.25, 0.3) is 0 Å². The smallest absolute Gasteiger partial charge is 0.302 e. The largest absolute Gasteiger partial charge is 0.463 e. The quantitative estimate of drug-likeness (QED) is 0.156. The molecule has 0 radical (unpaired) electrons. The molecule has 1 fully saturated rings. The number of pyridine rings is 1. The van der Waals surface area contributed by atoms with Gasteiger partial charge in [-0.2, -0.15) is 0 Å². The topological polar surface area (TPSA) is 102 Å². The van der Waals surface area contributed by atoms with Gasteiger partial charge in [0.05, 0.1) is 17.5 Å². The lowest BCUT2D eigenvalue weighted by atomic mass is 9.83. The van der Waals surface area contributed by atoms with E-state index in [0.717, 1.165) is 59.2 Å². The van der Waals surface area contributed by atoms with Crippen LogP contribution < -0.4 is 10.6 Å². The van der Waals surface area contributed by atoms with Crippen LogP contribution in [-0.4, -0.2) is 33.9 Å². The number of ether oxygens (including phenoxy) is 1. The van der Waals surface area contributed by atoms with Crippen molar-refractivity contribution in [2.24, 2.45) is 5.92 Å². The summed E-state index contributed by atoms with van der Waals surface area (Å²) in [5.74, 6) is -0.754. The molecule has 3 aromatic carbocycles. The van der Waals surface area contributed by atoms with E-state index in [2.05, 4.69) is 76.7 Å². The van der Waals surface area contributed by atoms with E-state index < -0.39 is 12.0 Å². The van der Waals surface area contributed by atoms with Crippen LogP contribution in [0.3, 0.4) is 0 Å². The molecule has 8 nitrogen and oxygen atoms in total. The molecule has 6 rings (SSSR count). The molecule has 2 amide bonds. The summed E-state index contributed by atoms with van der Waals surface area (Å²) in [4.78, 5) is 42.3. The van der Waals surface area contributed by atoms with Crippen LogP contribution in [0.1, 0.15) is 79.4 Å². The summed E-state index contributed by atoms with van der Waals surface area (Å²) < 4.78 is 7.66. The molecule has 2 N–H and O–H groups in total. The highest BCUT2D eigenvalue weighted by atomic mass is 16.5. The molecule has 1 aliphatic rings. The van der Waals surface area contributed by atoms with Gasteiger partial charge in [-0.05, 0) is 79.1 Å². The Hall–Kier alpha value is -4.98. The molecule has 2 aromatic heterocycles. The average molecular weight is 631 g/mol. The summed E-state index contributed by atoms with van der Waals surface area (Å²) >= 11 is 0. The number of rotatable bonds is 10. The summed E-state index contributed by atoms with van der Waals surface area (Å²) in [7, 11) is 0. The molecular weight excluding hydrogens is 588 g/mol. The third kappa shape index (κ3) is 7.07. The van der Waals surface area contributed by atoms with Gasteiger partial charge in [0.15, 0.2) is 0 Å². The van der Waals surface area contributed by atoms with Crippen LogP contribution in [-0.2, 0) is 25.7 Å². The van der Waals surface area contributed by atoms with E-state index in [-0.39, 0.29) is 30.3 Å². The molecule has 0 saturated heterocycles. The third-order valence-electron chi connectivity index (χ3n) is 9.28. The molecular formula is C39H42N4O4. The third-order valence-corrected chi connectivity index (χ3v) is 9.28. The molecule has 0 spiro atoms. The van der Waals surface area contributed by atoms with Crippen molar-refractivity contribution in [1.29, 1.82) is 0 Å². The highest BCUT2D eigenvalue weighted by Gasteiger charge is 2.33. The Bertz CT molecular complexity index is 1920. The monoisotopic (exact) mass is 630 g/mol. The van der Waals surface area contributed by atoms with Crippen LogP contribution in [0.5, 0.6) is 0 Å². The Kier molecular flexibility index (Phi) is 9.38. The minimum absolute atomic E-state index is 0.0165. The summed E-state index contributed by atoms with van der Waals surface area (Å²) in [5, 5.41) is 8.37. The number of aromatic nitrogens is 2. The number of carbonyl (C=O) groups is 3. The molecule has 2 heterocycles. The zero-order valence-corrected chi connectivity index (χ0v) is 27.5. The molecule has 1 aliphatic carbocycles. The van der Waals surface area contributed by atoms with Gasteiger partial charge in [-0.1, -0.05) is 67.4 Å². The zero-order valence-electron chi connectivity index (χ0n) is 27.5. The fraction of sp³-hybridized carbons (Fsp3) is 0.333. The lowest BCUT2D eigenvalue weighted by Gasteiger charge is -2.27. The molecule has 2 unspecified atom stereocenters. The van der Waals surface area contributed by atoms with Gasteiger partial charge >= 0.3 is 5.97 Å². The first-order chi connectivity index (χ1) is 22.7. The molecule has 242 valence electrons.